The first-order chi connectivity index (χ1) is 14.8. The zero-order valence-corrected chi connectivity index (χ0v) is 16.8. The first-order valence-corrected chi connectivity index (χ1v) is 9.53. The largest absolute Gasteiger partial charge is 0.370 e. The Morgan fingerprint density at radius 2 is 1.81 bits per heavy atom. The lowest BCUT2D eigenvalue weighted by Gasteiger charge is -2.27. The average Bonchev–Trinajstić information content (AvgIpc) is 2.75. The number of nitrogens with zero attached hydrogens (tertiary/aromatic N) is 2. The molecule has 0 bridgehead atoms. The van der Waals surface area contributed by atoms with Crippen molar-refractivity contribution in [2.24, 2.45) is 10.7 Å². The molecule has 0 radical (unpaired) electrons. The summed E-state index contributed by atoms with van der Waals surface area (Å²) >= 11 is 0. The molecule has 0 aliphatic carbocycles. The van der Waals surface area contributed by atoms with Crippen LogP contribution in [0.2, 0.25) is 0 Å². The molecule has 4 amide bonds. The van der Waals surface area contributed by atoms with E-state index in [0.717, 1.165) is 5.56 Å². The summed E-state index contributed by atoms with van der Waals surface area (Å²) in [5.74, 6) is -1.98. The first-order valence-electron chi connectivity index (χ1n) is 9.53. The van der Waals surface area contributed by atoms with Gasteiger partial charge in [0.15, 0.2) is 0 Å². The molecule has 0 spiro atoms. The predicted molar refractivity (Wildman–Crippen MR) is 115 cm³/mol. The normalized spacial score (nSPS) is 13.1. The number of para-hydroxylation sites is 1. The van der Waals surface area contributed by atoms with Crippen molar-refractivity contribution in [1.29, 1.82) is 0 Å². The van der Waals surface area contributed by atoms with Crippen molar-refractivity contribution >= 4 is 40.8 Å². The van der Waals surface area contributed by atoms with E-state index in [2.05, 4.69) is 21.1 Å². The molecule has 10 nitrogen and oxygen atoms in total. The number of hydrazine groups is 1. The van der Waals surface area contributed by atoms with Crippen LogP contribution >= 0.6 is 0 Å². The smallest absolute Gasteiger partial charge is 0.292 e. The second-order valence-corrected chi connectivity index (χ2v) is 6.81. The topological polar surface area (TPSA) is 146 Å². The van der Waals surface area contributed by atoms with Gasteiger partial charge in [0.2, 0.25) is 11.7 Å². The van der Waals surface area contributed by atoms with E-state index in [1.54, 1.807) is 30.3 Å². The second kappa shape index (κ2) is 9.53. The Balaban J connectivity index is 1.71. The molecule has 3 rings (SSSR count). The minimum absolute atomic E-state index is 0.00384. The van der Waals surface area contributed by atoms with E-state index in [1.165, 1.54) is 11.1 Å². The number of hydrogen-bond acceptors (Lipinski definition) is 6. The molecule has 10 heteroatoms. The molecule has 2 aromatic carbocycles. The fourth-order valence-electron chi connectivity index (χ4n) is 2.81. The summed E-state index contributed by atoms with van der Waals surface area (Å²) < 4.78 is 0. The molecule has 0 saturated carbocycles. The van der Waals surface area contributed by atoms with Crippen LogP contribution in [-0.4, -0.2) is 42.6 Å². The standard InChI is InChI=1S/C21H22N6O4/c1-13-6-8-14(9-7-13)27-18(29)12-24-19(26-27)21(31)25-16-5-3-2-4-15(16)20(30)23-11-10-17(22)28/h2-9H,10-12H2,1H3,(H2,22,28)(H,23,30)(H,24,26)(H,25,31). The van der Waals surface area contributed by atoms with Crippen LogP contribution in [0.3, 0.4) is 0 Å². The average molecular weight is 422 g/mol. The summed E-state index contributed by atoms with van der Waals surface area (Å²) in [6.45, 7) is 1.81. The zero-order chi connectivity index (χ0) is 22.4. The number of nitrogens with two attached hydrogens (primary N) is 1. The number of rotatable bonds is 7. The lowest BCUT2D eigenvalue weighted by Crippen LogP contribution is -2.54. The van der Waals surface area contributed by atoms with Crippen molar-refractivity contribution in [3.05, 3.63) is 59.7 Å². The van der Waals surface area contributed by atoms with E-state index in [9.17, 15) is 19.2 Å². The van der Waals surface area contributed by atoms with E-state index >= 15 is 0 Å². The number of nitrogens with one attached hydrogen (secondary N) is 3. The van der Waals surface area contributed by atoms with E-state index < -0.39 is 17.7 Å². The molecule has 0 fully saturated rings. The van der Waals surface area contributed by atoms with Crippen LogP contribution < -0.4 is 26.8 Å². The number of carbonyl (C=O) groups is 4. The van der Waals surface area contributed by atoms with E-state index in [1.807, 2.05) is 19.1 Å². The lowest BCUT2D eigenvalue weighted by atomic mass is 10.1. The van der Waals surface area contributed by atoms with E-state index in [4.69, 9.17) is 5.73 Å². The number of amidine groups is 1. The van der Waals surface area contributed by atoms with Gasteiger partial charge in [0.1, 0.15) is 6.54 Å². The quantitative estimate of drug-likeness (QED) is 0.513. The molecule has 0 unspecified atom stereocenters. The number of aryl methyl sites for hydroxylation is 1. The highest BCUT2D eigenvalue weighted by Gasteiger charge is 2.26. The van der Waals surface area contributed by atoms with Crippen LogP contribution in [0.15, 0.2) is 53.5 Å². The van der Waals surface area contributed by atoms with Gasteiger partial charge >= 0.3 is 0 Å². The van der Waals surface area contributed by atoms with Crippen molar-refractivity contribution < 1.29 is 19.2 Å². The van der Waals surface area contributed by atoms with Crippen molar-refractivity contribution in [2.45, 2.75) is 13.3 Å². The van der Waals surface area contributed by atoms with Gasteiger partial charge in [0.05, 0.1) is 16.9 Å². The maximum atomic E-state index is 12.7. The number of benzene rings is 2. The molecule has 1 aliphatic heterocycles. The molecule has 1 aliphatic rings. The molecule has 5 N–H and O–H groups in total. The summed E-state index contributed by atoms with van der Waals surface area (Å²) in [6.07, 6.45) is 0.00384. The minimum Gasteiger partial charge on any atom is -0.370 e. The van der Waals surface area contributed by atoms with Gasteiger partial charge in [-0.1, -0.05) is 29.8 Å². The molecular formula is C21H22N6O4. The Bertz CT molecular complexity index is 1050. The number of primary amides is 1. The van der Waals surface area contributed by atoms with Crippen LogP contribution in [0.25, 0.3) is 0 Å². The molecule has 31 heavy (non-hydrogen) atoms. The summed E-state index contributed by atoms with van der Waals surface area (Å²) in [6, 6.07) is 13.6. The number of hydrogen-bond donors (Lipinski definition) is 4. The van der Waals surface area contributed by atoms with Gasteiger partial charge in [-0.25, -0.2) is 5.01 Å². The van der Waals surface area contributed by atoms with Crippen LogP contribution in [0.4, 0.5) is 11.4 Å². The zero-order valence-electron chi connectivity index (χ0n) is 16.8. The van der Waals surface area contributed by atoms with Crippen LogP contribution in [0.5, 0.6) is 0 Å². The van der Waals surface area contributed by atoms with Crippen molar-refractivity contribution in [3.63, 3.8) is 0 Å². The molecule has 0 saturated heterocycles. The third kappa shape index (κ3) is 5.44. The van der Waals surface area contributed by atoms with E-state index in [-0.39, 0.29) is 42.5 Å². The molecule has 1 heterocycles. The Hall–Kier alpha value is -4.21. The fourth-order valence-corrected chi connectivity index (χ4v) is 2.81. The Kier molecular flexibility index (Phi) is 6.61. The second-order valence-electron chi connectivity index (χ2n) is 6.81. The highest BCUT2D eigenvalue weighted by Crippen LogP contribution is 2.17. The maximum Gasteiger partial charge on any atom is 0.292 e. The molecule has 0 atom stereocenters. The minimum atomic E-state index is -0.609. The van der Waals surface area contributed by atoms with Gasteiger partial charge in [-0.15, -0.1) is 0 Å². The Morgan fingerprint density at radius 3 is 2.52 bits per heavy atom. The summed E-state index contributed by atoms with van der Waals surface area (Å²) in [4.78, 5) is 52.2. The lowest BCUT2D eigenvalue weighted by molar-refractivity contribution is -0.118. The van der Waals surface area contributed by atoms with Crippen molar-refractivity contribution in [1.82, 2.24) is 10.7 Å². The Labute approximate surface area is 178 Å². The highest BCUT2D eigenvalue weighted by atomic mass is 16.2. The van der Waals surface area contributed by atoms with Gasteiger partial charge in [0.25, 0.3) is 17.7 Å². The number of anilines is 2. The Morgan fingerprint density at radius 1 is 1.10 bits per heavy atom. The maximum absolute atomic E-state index is 12.7. The summed E-state index contributed by atoms with van der Waals surface area (Å²) in [5, 5.41) is 6.46. The monoisotopic (exact) mass is 422 g/mol. The van der Waals surface area contributed by atoms with Crippen molar-refractivity contribution in [2.75, 3.05) is 23.4 Å². The van der Waals surface area contributed by atoms with Gasteiger partial charge in [-0.2, -0.15) is 0 Å². The fraction of sp³-hybridized carbons (Fsp3) is 0.190. The van der Waals surface area contributed by atoms with Gasteiger partial charge in [-0.05, 0) is 31.2 Å². The summed E-state index contributed by atoms with van der Waals surface area (Å²) in [5.41, 5.74) is 9.87. The van der Waals surface area contributed by atoms with Crippen LogP contribution in [0.1, 0.15) is 22.3 Å². The molecular weight excluding hydrogens is 400 g/mol. The molecule has 0 aromatic heterocycles. The third-order valence-corrected chi connectivity index (χ3v) is 4.42. The van der Waals surface area contributed by atoms with Gasteiger partial charge in [0, 0.05) is 13.0 Å². The van der Waals surface area contributed by atoms with Crippen LogP contribution in [0, 0.1) is 6.92 Å². The number of amides is 4. The van der Waals surface area contributed by atoms with Crippen LogP contribution in [-0.2, 0) is 14.4 Å². The van der Waals surface area contributed by atoms with Gasteiger partial charge in [-0.3, -0.25) is 29.6 Å². The number of carbonyl (C=O) groups excluding carboxylic acids is 4. The molecule has 2 aromatic rings. The molecule has 160 valence electrons. The van der Waals surface area contributed by atoms with Gasteiger partial charge < -0.3 is 16.4 Å². The third-order valence-electron chi connectivity index (χ3n) is 4.42. The van der Waals surface area contributed by atoms with Crippen molar-refractivity contribution in [3.8, 4) is 0 Å². The number of aliphatic imine (C=N–C) groups is 1. The highest BCUT2D eigenvalue weighted by molar-refractivity contribution is 6.43. The van der Waals surface area contributed by atoms with E-state index in [0.29, 0.717) is 5.69 Å². The first kappa shape index (κ1) is 21.5. The summed E-state index contributed by atoms with van der Waals surface area (Å²) in [7, 11) is 0. The SMILES string of the molecule is Cc1ccc(N2NC(C(=O)Nc3ccccc3C(=O)NCCC(N)=O)=NCC2=O)cc1. The predicted octanol–water partition coefficient (Wildman–Crippen LogP) is 0.489.